The van der Waals surface area contributed by atoms with Gasteiger partial charge in [-0.2, -0.15) is 4.31 Å². The summed E-state index contributed by atoms with van der Waals surface area (Å²) in [6.07, 6.45) is 0.539. The molecule has 1 fully saturated rings. The Labute approximate surface area is 251 Å². The number of carbonyl (C=O) groups is 1. The summed E-state index contributed by atoms with van der Waals surface area (Å²) < 4.78 is 32.3. The minimum absolute atomic E-state index is 0.0233. The molecule has 0 unspecified atom stereocenters. The van der Waals surface area contributed by atoms with Crippen molar-refractivity contribution >= 4 is 50.1 Å². The fourth-order valence-electron chi connectivity index (χ4n) is 5.43. The maximum Gasteiger partial charge on any atom is 0.301 e. The van der Waals surface area contributed by atoms with Crippen molar-refractivity contribution in [2.24, 2.45) is 0 Å². The van der Waals surface area contributed by atoms with Crippen LogP contribution in [0, 0.1) is 20.2 Å². The summed E-state index contributed by atoms with van der Waals surface area (Å²) in [6.45, 7) is 1.04. The highest BCUT2D eigenvalue weighted by Crippen LogP contribution is 2.50. The fourth-order valence-corrected chi connectivity index (χ4v) is 6.83. The number of nitro groups is 2. The van der Waals surface area contributed by atoms with E-state index in [-0.39, 0.29) is 34.9 Å². The monoisotopic (exact) mass is 615 g/mol. The minimum atomic E-state index is -3.76. The Hall–Kier alpha value is -5.18. The van der Waals surface area contributed by atoms with Gasteiger partial charge in [0.25, 0.3) is 5.91 Å². The number of nitro benzene ring substituents is 2. The smallest absolute Gasteiger partial charge is 0.301 e. The molecule has 2 aliphatic heterocycles. The van der Waals surface area contributed by atoms with Crippen molar-refractivity contribution < 1.29 is 27.8 Å². The predicted octanol–water partition coefficient (Wildman–Crippen LogP) is 5.15. The molecule has 1 N–H and O–H groups in total. The molecule has 0 radical (unpaired) electrons. The van der Waals surface area contributed by atoms with Crippen LogP contribution < -0.4 is 10.2 Å². The van der Waals surface area contributed by atoms with Gasteiger partial charge in [0.1, 0.15) is 0 Å². The highest BCUT2D eigenvalue weighted by atomic mass is 32.2. The molecule has 0 spiro atoms. The van der Waals surface area contributed by atoms with Crippen LogP contribution in [0.1, 0.15) is 21.5 Å². The second-order valence-electron chi connectivity index (χ2n) is 10.1. The van der Waals surface area contributed by atoms with Gasteiger partial charge >= 0.3 is 11.4 Å². The number of anilines is 4. The molecular formula is C30H25N5O8S. The number of amides is 1. The van der Waals surface area contributed by atoms with Crippen molar-refractivity contribution in [2.75, 3.05) is 36.5 Å². The second kappa shape index (κ2) is 11.5. The van der Waals surface area contributed by atoms with E-state index in [0.717, 1.165) is 23.3 Å². The number of fused-ring (bicyclic) bond motifs is 2. The Morgan fingerprint density at radius 2 is 1.32 bits per heavy atom. The predicted molar refractivity (Wildman–Crippen MR) is 161 cm³/mol. The van der Waals surface area contributed by atoms with Crippen LogP contribution >= 0.6 is 0 Å². The molecule has 13 nitrogen and oxygen atoms in total. The van der Waals surface area contributed by atoms with Crippen molar-refractivity contribution in [1.82, 2.24) is 4.31 Å². The summed E-state index contributed by atoms with van der Waals surface area (Å²) in [5.41, 5.74) is 1.15. The molecule has 44 heavy (non-hydrogen) atoms. The standard InChI is InChI=1S/C30H25N5O8S/c36-30(31-23-9-11-24(12-10-23)44(41,42)32-13-15-43-16-14-32)22-18-27(34(37)38)29(28(19-22)35(39)40)33-25-7-3-1-5-20(25)17-21-6-2-4-8-26(21)33/h1-12,18-19H,13-17H2,(H,31,36). The van der Waals surface area contributed by atoms with Gasteiger partial charge in [-0.25, -0.2) is 8.42 Å². The van der Waals surface area contributed by atoms with Gasteiger partial charge in [-0.15, -0.1) is 0 Å². The van der Waals surface area contributed by atoms with E-state index < -0.39 is 37.2 Å². The third-order valence-electron chi connectivity index (χ3n) is 7.51. The molecule has 0 atom stereocenters. The first-order valence-electron chi connectivity index (χ1n) is 13.6. The summed E-state index contributed by atoms with van der Waals surface area (Å²) >= 11 is 0. The van der Waals surface area contributed by atoms with E-state index in [0.29, 0.717) is 31.0 Å². The second-order valence-corrected chi connectivity index (χ2v) is 12.1. The maximum atomic E-state index is 13.3. The molecule has 0 aliphatic carbocycles. The van der Waals surface area contributed by atoms with Crippen molar-refractivity contribution in [3.05, 3.63) is 122 Å². The van der Waals surface area contributed by atoms with Crippen molar-refractivity contribution in [1.29, 1.82) is 0 Å². The summed E-state index contributed by atoms with van der Waals surface area (Å²) in [6, 6.07) is 21.8. The van der Waals surface area contributed by atoms with Crippen LogP contribution in [0.3, 0.4) is 0 Å². The van der Waals surface area contributed by atoms with Crippen molar-refractivity contribution in [3.8, 4) is 0 Å². The number of carbonyl (C=O) groups excluding carboxylic acids is 1. The largest absolute Gasteiger partial charge is 0.379 e. The number of rotatable bonds is 7. The summed E-state index contributed by atoms with van der Waals surface area (Å²) in [5, 5.41) is 27.4. The Kier molecular flexibility index (Phi) is 7.55. The third kappa shape index (κ3) is 5.25. The maximum absolute atomic E-state index is 13.3. The van der Waals surface area contributed by atoms with Crippen LogP contribution in [0.4, 0.5) is 34.1 Å². The number of nitrogens with one attached hydrogen (secondary N) is 1. The molecule has 4 aromatic rings. The lowest BCUT2D eigenvalue weighted by atomic mass is 9.94. The van der Waals surface area contributed by atoms with Crippen molar-refractivity contribution in [2.45, 2.75) is 11.3 Å². The molecule has 2 heterocycles. The number of nitrogens with zero attached hydrogens (tertiary/aromatic N) is 4. The summed E-state index contributed by atoms with van der Waals surface area (Å²) in [5.74, 6) is -0.842. The Morgan fingerprint density at radius 1 is 0.795 bits per heavy atom. The van der Waals surface area contributed by atoms with Gasteiger partial charge in [0.2, 0.25) is 15.7 Å². The molecule has 0 aromatic heterocycles. The number of hydrogen-bond acceptors (Lipinski definition) is 9. The van der Waals surface area contributed by atoms with Gasteiger partial charge in [-0.1, -0.05) is 36.4 Å². The Balaban J connectivity index is 1.37. The van der Waals surface area contributed by atoms with Gasteiger partial charge in [0, 0.05) is 37.3 Å². The number of hydrogen-bond donors (Lipinski definition) is 1. The van der Waals surface area contributed by atoms with E-state index in [1.165, 1.54) is 33.5 Å². The zero-order chi connectivity index (χ0) is 31.0. The molecule has 6 rings (SSSR count). The Morgan fingerprint density at radius 3 is 1.84 bits per heavy atom. The Bertz CT molecular complexity index is 1830. The van der Waals surface area contributed by atoms with Crippen LogP contribution in [-0.2, 0) is 21.2 Å². The molecule has 2 aliphatic rings. The first-order chi connectivity index (χ1) is 21.1. The lowest BCUT2D eigenvalue weighted by molar-refractivity contribution is -0.392. The summed E-state index contributed by atoms with van der Waals surface area (Å²) in [7, 11) is -3.76. The average Bonchev–Trinajstić information content (AvgIpc) is 3.03. The lowest BCUT2D eigenvalue weighted by Crippen LogP contribution is -2.40. The molecule has 224 valence electrons. The number of morpholine rings is 1. The zero-order valence-electron chi connectivity index (χ0n) is 23.1. The van der Waals surface area contributed by atoms with Crippen LogP contribution in [0.25, 0.3) is 0 Å². The van der Waals surface area contributed by atoms with Crippen LogP contribution in [-0.4, -0.2) is 54.8 Å². The van der Waals surface area contributed by atoms with Gasteiger partial charge < -0.3 is 10.1 Å². The van der Waals surface area contributed by atoms with Gasteiger partial charge in [-0.05, 0) is 47.5 Å². The number of para-hydroxylation sites is 2. The van der Waals surface area contributed by atoms with E-state index in [4.69, 9.17) is 4.74 Å². The lowest BCUT2D eigenvalue weighted by Gasteiger charge is -2.32. The molecule has 4 aromatic carbocycles. The van der Waals surface area contributed by atoms with Crippen LogP contribution in [0.5, 0.6) is 0 Å². The highest BCUT2D eigenvalue weighted by molar-refractivity contribution is 7.89. The van der Waals surface area contributed by atoms with Crippen LogP contribution in [0.15, 0.2) is 89.8 Å². The molecule has 1 amide bonds. The number of benzene rings is 4. The molecule has 14 heteroatoms. The highest BCUT2D eigenvalue weighted by Gasteiger charge is 2.37. The van der Waals surface area contributed by atoms with Gasteiger partial charge in [0.05, 0.1) is 44.9 Å². The zero-order valence-corrected chi connectivity index (χ0v) is 23.9. The van der Waals surface area contributed by atoms with E-state index in [9.17, 15) is 33.4 Å². The summed E-state index contributed by atoms with van der Waals surface area (Å²) in [4.78, 5) is 38.1. The normalized spacial score (nSPS) is 14.8. The quantitative estimate of drug-likeness (QED) is 0.192. The first-order valence-corrected chi connectivity index (χ1v) is 15.0. The molecule has 0 saturated carbocycles. The number of sulfonamides is 1. The first kappa shape index (κ1) is 28.9. The van der Waals surface area contributed by atoms with E-state index in [1.807, 2.05) is 24.3 Å². The van der Waals surface area contributed by atoms with Gasteiger partial charge in [-0.3, -0.25) is 29.9 Å². The van der Waals surface area contributed by atoms with Gasteiger partial charge in [0.15, 0.2) is 0 Å². The average molecular weight is 616 g/mol. The van der Waals surface area contributed by atoms with Crippen molar-refractivity contribution in [3.63, 3.8) is 0 Å². The van der Waals surface area contributed by atoms with E-state index in [1.54, 1.807) is 24.3 Å². The SMILES string of the molecule is O=C(Nc1ccc(S(=O)(=O)N2CCOCC2)cc1)c1cc([N+](=O)[O-])c(N2c3ccccc3Cc3ccccc32)c([N+](=O)[O-])c1. The third-order valence-corrected chi connectivity index (χ3v) is 9.43. The number of ether oxygens (including phenoxy) is 1. The fraction of sp³-hybridized carbons (Fsp3) is 0.167. The topological polar surface area (TPSA) is 165 Å². The van der Waals surface area contributed by atoms with E-state index in [2.05, 4.69) is 5.32 Å². The van der Waals surface area contributed by atoms with E-state index >= 15 is 0 Å². The molecular weight excluding hydrogens is 590 g/mol. The minimum Gasteiger partial charge on any atom is -0.379 e. The molecule has 1 saturated heterocycles. The van der Waals surface area contributed by atoms with Crippen LogP contribution in [0.2, 0.25) is 0 Å². The molecule has 0 bridgehead atoms.